The molecule has 0 aliphatic rings. The molecule has 0 aliphatic carbocycles. The van der Waals surface area contributed by atoms with E-state index in [1.807, 2.05) is 32.0 Å². The van der Waals surface area contributed by atoms with E-state index in [4.69, 9.17) is 9.47 Å². The molecule has 0 heterocycles. The van der Waals surface area contributed by atoms with Crippen LogP contribution in [0.15, 0.2) is 72.8 Å². The average Bonchev–Trinajstić information content (AvgIpc) is 3.06. The molecule has 0 radical (unpaired) electrons. The first-order valence-electron chi connectivity index (χ1n) is 15.8. The van der Waals surface area contributed by atoms with E-state index in [1.54, 1.807) is 36.4 Å². The van der Waals surface area contributed by atoms with Crippen molar-refractivity contribution in [3.63, 3.8) is 0 Å². The second-order valence-corrected chi connectivity index (χ2v) is 18.2. The molecular weight excluding hydrogens is 773 g/mol. The van der Waals surface area contributed by atoms with Gasteiger partial charge in [-0.15, -0.1) is 0 Å². The molecule has 3 amide bonds. The molecule has 3 rings (SSSR count). The number of hydrogen-bond acceptors (Lipinski definition) is 7. The molecule has 15 heteroatoms. The molecule has 0 bridgehead atoms. The fourth-order valence-corrected chi connectivity index (χ4v) is 10.5. The second kappa shape index (κ2) is 20.2. The Kier molecular flexibility index (Phi) is 16.5. The average molecular weight is 819 g/mol. The summed E-state index contributed by atoms with van der Waals surface area (Å²) in [6.45, 7) is 4.04. The Morgan fingerprint density at radius 2 is 1.57 bits per heavy atom. The van der Waals surface area contributed by atoms with Crippen LogP contribution in [-0.2, 0) is 32.3 Å². The number of aliphatic hydroxyl groups is 1. The summed E-state index contributed by atoms with van der Waals surface area (Å²) in [5, 5.41) is 14.1. The number of methoxy groups -OCH3 is 1. The summed E-state index contributed by atoms with van der Waals surface area (Å²) in [7, 11) is -2.11. The van der Waals surface area contributed by atoms with Crippen LogP contribution in [0, 0.1) is 11.6 Å². The Hall–Kier alpha value is -3.54. The summed E-state index contributed by atoms with van der Waals surface area (Å²) in [5.41, 5.74) is 1.65. The number of aliphatic hydroxyl groups excluding tert-OH is 1. The van der Waals surface area contributed by atoms with Crippen molar-refractivity contribution >= 4 is 42.2 Å². The Labute approximate surface area is 294 Å². The quantitative estimate of drug-likeness (QED) is 0.0790. The van der Waals surface area contributed by atoms with Crippen molar-refractivity contribution in [3.05, 3.63) is 101 Å². The minimum atomic E-state index is -3.63. The molecular formula is C34H45F2IN4O7S. The van der Waals surface area contributed by atoms with Gasteiger partial charge >= 0.3 is 296 Å². The molecule has 0 fully saturated rings. The summed E-state index contributed by atoms with van der Waals surface area (Å²) in [6.07, 6.45) is 0.569. The van der Waals surface area contributed by atoms with Crippen molar-refractivity contribution < 1.29 is 41.4 Å². The van der Waals surface area contributed by atoms with Gasteiger partial charge in [0.05, 0.1) is 0 Å². The molecule has 0 spiro atoms. The number of benzene rings is 3. The van der Waals surface area contributed by atoms with Crippen molar-refractivity contribution in [2.45, 2.75) is 48.4 Å². The number of amides is 3. The standard InChI is InChI=1S/C34H45F2IN4O7S/c1-4-15-41(16-5-2)49(45,46)17-14-38-33(43)39-37(22-28-18-29(35)21-30(36)19-28)32(42)24-40(23-27-12-9-13-31(20-27)47-3)34(44)48-25-26-10-7-6-8-11-26/h6-13,18-21,32,42H,4-5,14-17,22-25H2,1-3H3,(H2,38,39,43). The minimum absolute atomic E-state index is 0.0211. The van der Waals surface area contributed by atoms with Gasteiger partial charge in [-0.2, -0.15) is 0 Å². The van der Waals surface area contributed by atoms with E-state index in [-0.39, 0.29) is 42.0 Å². The van der Waals surface area contributed by atoms with Crippen LogP contribution in [0.5, 0.6) is 5.75 Å². The Balaban J connectivity index is 1.80. The van der Waals surface area contributed by atoms with Gasteiger partial charge in [-0.25, -0.2) is 0 Å². The molecule has 3 aromatic rings. The normalized spacial score (nSPS) is 12.3. The van der Waals surface area contributed by atoms with Gasteiger partial charge in [0.25, 0.3) is 0 Å². The zero-order chi connectivity index (χ0) is 35.8. The summed E-state index contributed by atoms with van der Waals surface area (Å²) in [4.78, 5) is 27.8. The Bertz CT molecular complexity index is 1580. The van der Waals surface area contributed by atoms with E-state index in [9.17, 15) is 31.9 Å². The summed E-state index contributed by atoms with van der Waals surface area (Å²) in [6, 6.07) is 18.3. The van der Waals surface area contributed by atoms with Crippen LogP contribution in [-0.4, -0.2) is 78.0 Å². The van der Waals surface area contributed by atoms with Crippen LogP contribution in [0.2, 0.25) is 0 Å². The number of sulfonamides is 1. The van der Waals surface area contributed by atoms with Gasteiger partial charge in [0.2, 0.25) is 0 Å². The molecule has 1 unspecified atom stereocenters. The van der Waals surface area contributed by atoms with E-state index in [2.05, 4.69) is 8.85 Å². The monoisotopic (exact) mass is 818 g/mol. The molecule has 3 N–H and O–H groups in total. The molecule has 49 heavy (non-hydrogen) atoms. The first-order valence-corrected chi connectivity index (χ1v) is 21.3. The molecule has 0 saturated heterocycles. The van der Waals surface area contributed by atoms with Gasteiger partial charge in [-0.3, -0.25) is 0 Å². The van der Waals surface area contributed by atoms with Crippen LogP contribution >= 0.6 is 20.1 Å². The van der Waals surface area contributed by atoms with Crippen molar-refractivity contribution in [2.75, 3.05) is 39.0 Å². The summed E-state index contributed by atoms with van der Waals surface area (Å²) >= 11 is -3.18. The molecule has 11 nitrogen and oxygen atoms in total. The van der Waals surface area contributed by atoms with Crippen LogP contribution in [0.1, 0.15) is 43.4 Å². The zero-order valence-corrected chi connectivity index (χ0v) is 30.9. The fraction of sp³-hybridized carbons (Fsp3) is 0.412. The number of carbonyl (C=O) groups is 2. The Morgan fingerprint density at radius 1 is 0.918 bits per heavy atom. The van der Waals surface area contributed by atoms with E-state index in [0.29, 0.717) is 37.2 Å². The van der Waals surface area contributed by atoms with Gasteiger partial charge in [-0.1, -0.05) is 0 Å². The number of rotatable bonds is 19. The fourth-order valence-electron chi connectivity index (χ4n) is 4.77. The maximum absolute atomic E-state index is 14.1. The van der Waals surface area contributed by atoms with Crippen molar-refractivity contribution in [3.8, 4) is 5.75 Å². The SMILES string of the molecule is CCCN(CCC)S(=O)(=O)CCNC(=O)NI(Cc1cc(F)cc(F)c1)C(O)CN(Cc1cccc(OC)c1)C(=O)OCc1ccccc1. The number of alkyl halides is 2. The third-order valence-electron chi connectivity index (χ3n) is 7.06. The molecule has 3 aromatic carbocycles. The number of ether oxygens (including phenoxy) is 2. The second-order valence-electron chi connectivity index (χ2n) is 11.1. The number of nitrogens with zero attached hydrogens (tertiary/aromatic N) is 2. The van der Waals surface area contributed by atoms with Crippen LogP contribution in [0.25, 0.3) is 0 Å². The van der Waals surface area contributed by atoms with Crippen LogP contribution in [0.3, 0.4) is 0 Å². The topological polar surface area (TPSA) is 138 Å². The Morgan fingerprint density at radius 3 is 2.20 bits per heavy atom. The van der Waals surface area contributed by atoms with Crippen LogP contribution in [0.4, 0.5) is 18.4 Å². The summed E-state index contributed by atoms with van der Waals surface area (Å²) < 4.78 is 67.6. The number of halogens is 3. The third kappa shape index (κ3) is 13.7. The molecule has 270 valence electrons. The predicted molar refractivity (Wildman–Crippen MR) is 193 cm³/mol. The first-order chi connectivity index (χ1) is 23.4. The number of carbonyl (C=O) groups excluding carboxylic acids is 2. The maximum atomic E-state index is 14.1. The molecule has 0 aliphatic heterocycles. The van der Waals surface area contributed by atoms with E-state index >= 15 is 0 Å². The van der Waals surface area contributed by atoms with E-state index in [0.717, 1.165) is 23.8 Å². The van der Waals surface area contributed by atoms with Gasteiger partial charge in [0.1, 0.15) is 0 Å². The van der Waals surface area contributed by atoms with Crippen molar-refractivity contribution in [2.24, 2.45) is 0 Å². The number of hydrogen-bond donors (Lipinski definition) is 3. The number of nitrogens with one attached hydrogen (secondary N) is 2. The van der Waals surface area contributed by atoms with Gasteiger partial charge in [0, 0.05) is 0 Å². The van der Waals surface area contributed by atoms with E-state index in [1.165, 1.54) is 16.3 Å². The van der Waals surface area contributed by atoms with Crippen molar-refractivity contribution in [1.82, 2.24) is 18.1 Å². The van der Waals surface area contributed by atoms with Crippen LogP contribution < -0.4 is 13.6 Å². The zero-order valence-electron chi connectivity index (χ0n) is 27.9. The number of urea groups is 1. The van der Waals surface area contributed by atoms with Gasteiger partial charge in [-0.05, 0) is 0 Å². The third-order valence-corrected chi connectivity index (χ3v) is 13.9. The first kappa shape index (κ1) is 39.9. The molecule has 1 atom stereocenters. The van der Waals surface area contributed by atoms with E-state index < -0.39 is 58.0 Å². The predicted octanol–water partition coefficient (Wildman–Crippen LogP) is 5.80. The van der Waals surface area contributed by atoms with Gasteiger partial charge < -0.3 is 0 Å². The summed E-state index contributed by atoms with van der Waals surface area (Å²) in [5.74, 6) is -1.40. The molecule has 0 saturated carbocycles. The van der Waals surface area contributed by atoms with Gasteiger partial charge in [0.15, 0.2) is 0 Å². The molecule has 0 aromatic heterocycles. The van der Waals surface area contributed by atoms with Crippen molar-refractivity contribution in [1.29, 1.82) is 0 Å².